The van der Waals surface area contributed by atoms with Gasteiger partial charge in [0.1, 0.15) is 16.5 Å². The molecule has 1 saturated heterocycles. The van der Waals surface area contributed by atoms with E-state index >= 15 is 0 Å². The van der Waals surface area contributed by atoms with Gasteiger partial charge in [0.2, 0.25) is 0 Å². The summed E-state index contributed by atoms with van der Waals surface area (Å²) in [6.45, 7) is 0.434. The zero-order valence-corrected chi connectivity index (χ0v) is 14.2. The molecule has 1 fully saturated rings. The summed E-state index contributed by atoms with van der Waals surface area (Å²) in [5.41, 5.74) is -0.659. The lowest BCUT2D eigenvalue weighted by molar-refractivity contribution is -0.141. The third-order valence-electron chi connectivity index (χ3n) is 4.22. The number of carbonyl (C=O) groups excluding carboxylic acids is 1. The summed E-state index contributed by atoms with van der Waals surface area (Å²) in [4.78, 5) is 14.2. The van der Waals surface area contributed by atoms with E-state index in [1.807, 2.05) is 6.07 Å². The van der Waals surface area contributed by atoms with Gasteiger partial charge in [-0.25, -0.2) is 0 Å². The Balaban J connectivity index is 1.90. The Morgan fingerprint density at radius 2 is 2.12 bits per heavy atom. The first-order valence-electron chi connectivity index (χ1n) is 7.48. The molecule has 1 amide bonds. The predicted octanol–water partition coefficient (Wildman–Crippen LogP) is 3.69. The van der Waals surface area contributed by atoms with Crippen LogP contribution in [0.3, 0.4) is 0 Å². The lowest BCUT2D eigenvalue weighted by atomic mass is 9.94. The summed E-state index contributed by atoms with van der Waals surface area (Å²) in [5, 5.41) is 2.69. The molecule has 0 N–H and O–H groups in total. The van der Waals surface area contributed by atoms with Gasteiger partial charge in [0, 0.05) is 13.6 Å². The fraction of sp³-hybridized carbons (Fsp3) is 0.375. The molecule has 134 valence electrons. The number of alkyl halides is 3. The molecule has 0 unspecified atom stereocenters. The van der Waals surface area contributed by atoms with Crippen LogP contribution in [0.1, 0.15) is 34.2 Å². The zero-order chi connectivity index (χ0) is 18.4. The topological polar surface area (TPSA) is 47.4 Å². The fourth-order valence-corrected chi connectivity index (χ4v) is 3.22. The first-order valence-corrected chi connectivity index (χ1v) is 7.86. The maximum atomic E-state index is 12.9. The first kappa shape index (κ1) is 17.6. The maximum absolute atomic E-state index is 12.9. The van der Waals surface area contributed by atoms with Crippen LogP contribution in [0.4, 0.5) is 13.2 Å². The number of hydrogen-bond acceptors (Lipinski definition) is 3. The Bertz CT molecular complexity index is 819. The minimum absolute atomic E-state index is 0.233. The lowest BCUT2D eigenvalue weighted by Crippen LogP contribution is -2.45. The third kappa shape index (κ3) is 3.06. The van der Waals surface area contributed by atoms with Crippen LogP contribution in [0.15, 0.2) is 24.3 Å². The van der Waals surface area contributed by atoms with Crippen LogP contribution in [0, 0.1) is 0 Å². The molecule has 3 rings (SSSR count). The SMILES string of the molecule is COc1cccc([C@H]2CCN2C(=O)c2c(Cl)c(C(F)(F)F)nn2C)c1. The number of likely N-dealkylation sites (tertiary alicyclic amines) is 1. The lowest BCUT2D eigenvalue weighted by Gasteiger charge is -2.41. The summed E-state index contributed by atoms with van der Waals surface area (Å²) in [7, 11) is 2.81. The molecule has 1 aliphatic heterocycles. The Morgan fingerprint density at radius 3 is 2.64 bits per heavy atom. The predicted molar refractivity (Wildman–Crippen MR) is 84.6 cm³/mol. The van der Waals surface area contributed by atoms with E-state index in [-0.39, 0.29) is 11.7 Å². The highest BCUT2D eigenvalue weighted by Gasteiger charge is 2.42. The highest BCUT2D eigenvalue weighted by Crippen LogP contribution is 2.39. The van der Waals surface area contributed by atoms with Crippen LogP contribution >= 0.6 is 11.6 Å². The van der Waals surface area contributed by atoms with Crippen LogP contribution in [0.5, 0.6) is 5.75 Å². The minimum atomic E-state index is -4.71. The van der Waals surface area contributed by atoms with Crippen molar-refractivity contribution in [2.24, 2.45) is 7.05 Å². The Hall–Kier alpha value is -2.22. The van der Waals surface area contributed by atoms with E-state index in [0.29, 0.717) is 18.7 Å². The monoisotopic (exact) mass is 373 g/mol. The van der Waals surface area contributed by atoms with Gasteiger partial charge in [-0.2, -0.15) is 18.3 Å². The van der Waals surface area contributed by atoms with Gasteiger partial charge in [-0.3, -0.25) is 9.48 Å². The van der Waals surface area contributed by atoms with Gasteiger partial charge in [0.05, 0.1) is 13.2 Å². The van der Waals surface area contributed by atoms with E-state index in [1.165, 1.54) is 19.1 Å². The molecule has 0 bridgehead atoms. The molecule has 1 atom stereocenters. The Labute approximate surface area is 146 Å². The average molecular weight is 374 g/mol. The highest BCUT2D eigenvalue weighted by atomic mass is 35.5. The van der Waals surface area contributed by atoms with Crippen molar-refractivity contribution in [1.82, 2.24) is 14.7 Å². The molecule has 1 aliphatic rings. The van der Waals surface area contributed by atoms with Gasteiger partial charge < -0.3 is 9.64 Å². The molecule has 2 aromatic rings. The number of halogens is 4. The standard InChI is InChI=1S/C16H15ClF3N3O2/c1-22-13(12(17)14(21-22)16(18,19)20)15(24)23-7-6-11(23)9-4-3-5-10(8-9)25-2/h3-5,8,11H,6-7H2,1-2H3/t11-/m1/s1. The molecule has 5 nitrogen and oxygen atoms in total. The van der Waals surface area contributed by atoms with Crippen molar-refractivity contribution in [2.45, 2.75) is 18.6 Å². The van der Waals surface area contributed by atoms with Gasteiger partial charge in [0.25, 0.3) is 5.91 Å². The van der Waals surface area contributed by atoms with Crippen LogP contribution in [-0.2, 0) is 13.2 Å². The first-order chi connectivity index (χ1) is 11.7. The van der Waals surface area contributed by atoms with Crippen molar-refractivity contribution < 1.29 is 22.7 Å². The van der Waals surface area contributed by atoms with Crippen molar-refractivity contribution >= 4 is 17.5 Å². The summed E-state index contributed by atoms with van der Waals surface area (Å²) in [6.07, 6.45) is -4.00. The number of aromatic nitrogens is 2. The number of ether oxygens (including phenoxy) is 1. The Kier molecular flexibility index (Phi) is 4.40. The quantitative estimate of drug-likeness (QED) is 0.824. The van der Waals surface area contributed by atoms with E-state index in [9.17, 15) is 18.0 Å². The van der Waals surface area contributed by atoms with Crippen molar-refractivity contribution in [3.63, 3.8) is 0 Å². The number of aryl methyl sites for hydroxylation is 1. The number of nitrogens with zero attached hydrogens (tertiary/aromatic N) is 3. The zero-order valence-electron chi connectivity index (χ0n) is 13.5. The summed E-state index contributed by atoms with van der Waals surface area (Å²) in [5.74, 6) is 0.0734. The minimum Gasteiger partial charge on any atom is -0.497 e. The van der Waals surface area contributed by atoms with Gasteiger partial charge in [-0.05, 0) is 24.1 Å². The molecular weight excluding hydrogens is 359 g/mol. The largest absolute Gasteiger partial charge is 0.497 e. The number of benzene rings is 1. The van der Waals surface area contributed by atoms with E-state index in [2.05, 4.69) is 5.10 Å². The van der Waals surface area contributed by atoms with Gasteiger partial charge in [0.15, 0.2) is 5.69 Å². The van der Waals surface area contributed by atoms with E-state index < -0.39 is 22.8 Å². The van der Waals surface area contributed by atoms with Gasteiger partial charge in [-0.15, -0.1) is 0 Å². The van der Waals surface area contributed by atoms with Crippen molar-refractivity contribution in [3.05, 3.63) is 46.2 Å². The van der Waals surface area contributed by atoms with Crippen molar-refractivity contribution in [2.75, 3.05) is 13.7 Å². The molecular formula is C16H15ClF3N3O2. The van der Waals surface area contributed by atoms with Gasteiger partial charge in [-0.1, -0.05) is 23.7 Å². The molecule has 0 spiro atoms. The van der Waals surface area contributed by atoms with E-state index in [1.54, 1.807) is 18.2 Å². The van der Waals surface area contributed by atoms with Crippen LogP contribution in [0.2, 0.25) is 5.02 Å². The van der Waals surface area contributed by atoms with Crippen molar-refractivity contribution in [3.8, 4) is 5.75 Å². The van der Waals surface area contributed by atoms with Crippen LogP contribution in [0.25, 0.3) is 0 Å². The number of methoxy groups -OCH3 is 1. The van der Waals surface area contributed by atoms with Crippen molar-refractivity contribution in [1.29, 1.82) is 0 Å². The average Bonchev–Trinajstić information content (AvgIpc) is 2.81. The highest BCUT2D eigenvalue weighted by molar-refractivity contribution is 6.34. The summed E-state index contributed by atoms with van der Waals surface area (Å²) < 4.78 is 44.8. The molecule has 2 heterocycles. The number of amides is 1. The van der Waals surface area contributed by atoms with Crippen LogP contribution < -0.4 is 4.74 Å². The van der Waals surface area contributed by atoms with Crippen LogP contribution in [-0.4, -0.2) is 34.2 Å². The molecule has 1 aromatic heterocycles. The number of carbonyl (C=O) groups is 1. The number of rotatable bonds is 3. The second-order valence-corrected chi connectivity index (χ2v) is 6.09. The molecule has 0 saturated carbocycles. The fourth-order valence-electron chi connectivity index (χ4n) is 2.87. The summed E-state index contributed by atoms with van der Waals surface area (Å²) >= 11 is 5.80. The summed E-state index contributed by atoms with van der Waals surface area (Å²) in [6, 6.07) is 6.99. The molecule has 0 radical (unpaired) electrons. The molecule has 25 heavy (non-hydrogen) atoms. The van der Waals surface area contributed by atoms with E-state index in [4.69, 9.17) is 16.3 Å². The maximum Gasteiger partial charge on any atom is 0.436 e. The van der Waals surface area contributed by atoms with E-state index in [0.717, 1.165) is 10.2 Å². The smallest absolute Gasteiger partial charge is 0.436 e. The second kappa shape index (κ2) is 6.25. The third-order valence-corrected chi connectivity index (χ3v) is 4.58. The molecule has 9 heteroatoms. The van der Waals surface area contributed by atoms with Gasteiger partial charge >= 0.3 is 6.18 Å². The second-order valence-electron chi connectivity index (χ2n) is 5.71. The Morgan fingerprint density at radius 1 is 1.40 bits per heavy atom. The molecule has 0 aliphatic carbocycles. The molecule has 1 aromatic carbocycles. The normalized spacial score (nSPS) is 17.4. The number of hydrogen-bond donors (Lipinski definition) is 0.